The number of carbonyl (C=O) groups is 1. The molecule has 1 N–H and O–H groups in total. The van der Waals surface area contributed by atoms with Crippen LogP contribution in [-0.4, -0.2) is 12.3 Å². The van der Waals surface area contributed by atoms with Gasteiger partial charge >= 0.3 is 0 Å². The van der Waals surface area contributed by atoms with Gasteiger partial charge in [0.2, 0.25) is 0 Å². The maximum Gasteiger partial charge on any atom is 0.197 e. The maximum atomic E-state index is 13.1. The van der Waals surface area contributed by atoms with E-state index in [1.54, 1.807) is 17.4 Å². The van der Waals surface area contributed by atoms with Crippen molar-refractivity contribution in [2.75, 3.05) is 6.54 Å². The Morgan fingerprint density at radius 3 is 2.10 bits per heavy atom. The minimum absolute atomic E-state index is 0.0882. The number of unbranched alkanes of at least 4 members (excludes halogenated alkanes) is 3. The monoisotopic (exact) mass is 471 g/mol. The van der Waals surface area contributed by atoms with E-state index in [4.69, 9.17) is 0 Å². The quantitative estimate of drug-likeness (QED) is 0.182. The highest BCUT2D eigenvalue weighted by molar-refractivity contribution is 7.19. The first kappa shape index (κ1) is 24.0. The standard InChI is InChI=1S/C26H33NOS3/c1-7-8-9-10-11-27-16(2)12-24(28)25-15-23(21-13-17(3)29-19(21)5)26(31-25)22-14-18(4)30-20(22)6/h12-15,27H,7-11H2,1-6H3/b16-12-. The Kier molecular flexibility index (Phi) is 8.31. The molecule has 0 amide bonds. The third-order valence-corrected chi connectivity index (χ3v) is 8.49. The molecule has 0 saturated heterocycles. The number of allylic oxidation sites excluding steroid dienone is 2. The summed E-state index contributed by atoms with van der Waals surface area (Å²) >= 11 is 5.27. The van der Waals surface area contributed by atoms with Gasteiger partial charge in [0.1, 0.15) is 0 Å². The van der Waals surface area contributed by atoms with Gasteiger partial charge in [0.25, 0.3) is 0 Å². The molecule has 0 unspecified atom stereocenters. The summed E-state index contributed by atoms with van der Waals surface area (Å²) in [6.07, 6.45) is 6.65. The molecule has 0 saturated carbocycles. The average molecular weight is 472 g/mol. The molecule has 0 aliphatic heterocycles. The topological polar surface area (TPSA) is 29.1 Å². The van der Waals surface area contributed by atoms with Crippen molar-refractivity contribution in [3.05, 3.63) is 54.4 Å². The highest BCUT2D eigenvalue weighted by Gasteiger charge is 2.20. The van der Waals surface area contributed by atoms with Crippen LogP contribution in [0.15, 0.2) is 30.0 Å². The van der Waals surface area contributed by atoms with Crippen LogP contribution in [0.1, 0.15) is 68.7 Å². The lowest BCUT2D eigenvalue weighted by molar-refractivity contribution is 0.104. The van der Waals surface area contributed by atoms with Crippen molar-refractivity contribution in [2.45, 2.75) is 67.2 Å². The largest absolute Gasteiger partial charge is 0.388 e. The van der Waals surface area contributed by atoms with Crippen molar-refractivity contribution in [3.8, 4) is 21.6 Å². The predicted molar refractivity (Wildman–Crippen MR) is 140 cm³/mol. The molecule has 31 heavy (non-hydrogen) atoms. The Hall–Kier alpha value is -1.69. The predicted octanol–water partition coefficient (Wildman–Crippen LogP) is 8.70. The van der Waals surface area contributed by atoms with Crippen LogP contribution in [0.4, 0.5) is 0 Å². The maximum absolute atomic E-state index is 13.1. The van der Waals surface area contributed by atoms with Crippen LogP contribution in [0.3, 0.4) is 0 Å². The molecule has 0 atom stereocenters. The van der Waals surface area contributed by atoms with Crippen LogP contribution in [-0.2, 0) is 0 Å². The molecule has 3 heterocycles. The molecule has 0 bridgehead atoms. The van der Waals surface area contributed by atoms with Crippen molar-refractivity contribution in [1.82, 2.24) is 5.32 Å². The van der Waals surface area contributed by atoms with Crippen LogP contribution in [0.25, 0.3) is 21.6 Å². The number of nitrogens with one attached hydrogen (secondary N) is 1. The zero-order valence-corrected chi connectivity index (χ0v) is 21.9. The first-order valence-corrected chi connectivity index (χ1v) is 13.5. The van der Waals surface area contributed by atoms with Gasteiger partial charge in [0, 0.05) is 53.8 Å². The van der Waals surface area contributed by atoms with Crippen LogP contribution >= 0.6 is 34.0 Å². The molecular formula is C26H33NOS3. The Morgan fingerprint density at radius 2 is 1.52 bits per heavy atom. The summed E-state index contributed by atoms with van der Waals surface area (Å²) in [4.78, 5) is 20.3. The fourth-order valence-corrected chi connectivity index (χ4v) is 6.91. The normalized spacial score (nSPS) is 11.9. The first-order valence-electron chi connectivity index (χ1n) is 11.0. The molecular weight excluding hydrogens is 438 g/mol. The van der Waals surface area contributed by atoms with E-state index in [1.807, 2.05) is 29.6 Å². The van der Waals surface area contributed by atoms with Gasteiger partial charge in [-0.2, -0.15) is 0 Å². The van der Waals surface area contributed by atoms with E-state index in [0.29, 0.717) is 0 Å². The van der Waals surface area contributed by atoms with E-state index in [9.17, 15) is 4.79 Å². The second-order valence-corrected chi connectivity index (χ2v) is 12.2. The SMILES string of the molecule is CCCCCCN/C(C)=C\C(=O)c1cc(-c2cc(C)sc2C)c(-c2cc(C)sc2C)s1. The zero-order valence-electron chi connectivity index (χ0n) is 19.5. The molecule has 3 rings (SSSR count). The third-order valence-electron chi connectivity index (χ3n) is 5.37. The van der Waals surface area contributed by atoms with Crippen molar-refractivity contribution in [1.29, 1.82) is 0 Å². The lowest BCUT2D eigenvalue weighted by Gasteiger charge is -2.05. The summed E-state index contributed by atoms with van der Waals surface area (Å²) in [6.45, 7) is 13.8. The van der Waals surface area contributed by atoms with E-state index in [0.717, 1.165) is 23.5 Å². The van der Waals surface area contributed by atoms with Gasteiger partial charge in [-0.25, -0.2) is 0 Å². The highest BCUT2D eigenvalue weighted by Crippen LogP contribution is 2.45. The second kappa shape index (κ2) is 10.8. The van der Waals surface area contributed by atoms with E-state index in [1.165, 1.54) is 60.3 Å². The van der Waals surface area contributed by atoms with Gasteiger partial charge in [0.15, 0.2) is 5.78 Å². The molecule has 0 radical (unpaired) electrons. The summed E-state index contributed by atoms with van der Waals surface area (Å²) in [6, 6.07) is 6.62. The van der Waals surface area contributed by atoms with Gasteiger partial charge in [-0.15, -0.1) is 34.0 Å². The van der Waals surface area contributed by atoms with Gasteiger partial charge in [-0.3, -0.25) is 4.79 Å². The molecule has 0 aliphatic rings. The number of hydrogen-bond acceptors (Lipinski definition) is 5. The van der Waals surface area contributed by atoms with E-state index >= 15 is 0 Å². The number of rotatable bonds is 10. The average Bonchev–Trinajstić information content (AvgIpc) is 3.37. The minimum Gasteiger partial charge on any atom is -0.388 e. The molecule has 2 nitrogen and oxygen atoms in total. The number of thiophene rings is 3. The molecule has 0 spiro atoms. The zero-order chi connectivity index (χ0) is 22.5. The third kappa shape index (κ3) is 5.97. The van der Waals surface area contributed by atoms with E-state index < -0.39 is 0 Å². The number of ketones is 1. The first-order chi connectivity index (χ1) is 14.8. The molecule has 5 heteroatoms. The number of carbonyl (C=O) groups excluding carboxylic acids is 1. The van der Waals surface area contributed by atoms with Crippen LogP contribution in [0, 0.1) is 27.7 Å². The smallest absolute Gasteiger partial charge is 0.197 e. The van der Waals surface area contributed by atoms with Gasteiger partial charge in [0.05, 0.1) is 4.88 Å². The van der Waals surface area contributed by atoms with Crippen molar-refractivity contribution >= 4 is 39.8 Å². The summed E-state index contributed by atoms with van der Waals surface area (Å²) in [5.41, 5.74) is 4.66. The van der Waals surface area contributed by atoms with Crippen LogP contribution < -0.4 is 5.32 Å². The Morgan fingerprint density at radius 1 is 0.871 bits per heavy atom. The molecule has 166 valence electrons. The van der Waals surface area contributed by atoms with Crippen molar-refractivity contribution in [3.63, 3.8) is 0 Å². The Labute approximate surface area is 199 Å². The fraction of sp³-hybridized carbons (Fsp3) is 0.423. The van der Waals surface area contributed by atoms with Gasteiger partial charge in [-0.05, 0) is 64.8 Å². The lowest BCUT2D eigenvalue weighted by Crippen LogP contribution is -2.13. The van der Waals surface area contributed by atoms with Crippen molar-refractivity contribution < 1.29 is 4.79 Å². The van der Waals surface area contributed by atoms with Gasteiger partial charge < -0.3 is 5.32 Å². The van der Waals surface area contributed by atoms with Crippen LogP contribution in [0.5, 0.6) is 0 Å². The summed E-state index contributed by atoms with van der Waals surface area (Å²) in [7, 11) is 0. The summed E-state index contributed by atoms with van der Waals surface area (Å²) in [5.74, 6) is 0.0882. The highest BCUT2D eigenvalue weighted by atomic mass is 32.1. The lowest BCUT2D eigenvalue weighted by atomic mass is 10.0. The number of hydrogen-bond donors (Lipinski definition) is 1. The Bertz CT molecular complexity index is 1020. The summed E-state index contributed by atoms with van der Waals surface area (Å²) in [5, 5.41) is 3.40. The van der Waals surface area contributed by atoms with E-state index in [-0.39, 0.29) is 5.78 Å². The molecule has 0 aliphatic carbocycles. The molecule has 0 fully saturated rings. The molecule has 0 aromatic carbocycles. The number of aryl methyl sites for hydroxylation is 4. The van der Waals surface area contributed by atoms with Gasteiger partial charge in [-0.1, -0.05) is 26.2 Å². The minimum atomic E-state index is 0.0882. The van der Waals surface area contributed by atoms with E-state index in [2.05, 4.69) is 58.1 Å². The summed E-state index contributed by atoms with van der Waals surface area (Å²) < 4.78 is 0. The van der Waals surface area contributed by atoms with Crippen molar-refractivity contribution in [2.24, 2.45) is 0 Å². The second-order valence-electron chi connectivity index (χ2n) is 8.19. The molecule has 3 aromatic heterocycles. The van der Waals surface area contributed by atoms with Crippen LogP contribution in [0.2, 0.25) is 0 Å². The fourth-order valence-electron chi connectivity index (χ4n) is 3.82. The molecule has 3 aromatic rings. The Balaban J connectivity index is 1.90.